The molecule has 68 valence electrons. The number of nitrogens with zero attached hydrogens (tertiary/aromatic N) is 1. The van der Waals surface area contributed by atoms with Crippen LogP contribution in [-0.4, -0.2) is 52.9 Å². The first-order valence-electron chi connectivity index (χ1n) is 3.52. The Morgan fingerprint density at radius 3 is 2.67 bits per heavy atom. The van der Waals surface area contributed by atoms with Gasteiger partial charge in [-0.1, -0.05) is 0 Å². The average Bonchev–Trinajstić information content (AvgIpc) is 2.35. The van der Waals surface area contributed by atoms with Crippen molar-refractivity contribution in [2.24, 2.45) is 0 Å². The zero-order valence-electron chi connectivity index (χ0n) is 6.36. The summed E-state index contributed by atoms with van der Waals surface area (Å²) in [5.74, 6) is -0.382. The Bertz CT molecular complexity index is 190. The average molecular weight is 174 g/mol. The molecule has 6 heteroatoms. The zero-order chi connectivity index (χ0) is 9.14. The Hall–Kier alpha value is -1.14. The van der Waals surface area contributed by atoms with Gasteiger partial charge in [-0.15, -0.1) is 0 Å². The quantitative estimate of drug-likeness (QED) is 0.427. The summed E-state index contributed by atoms with van der Waals surface area (Å²) in [6.07, 6.45) is -1.06. The van der Waals surface area contributed by atoms with Gasteiger partial charge in [0.15, 0.2) is 0 Å². The summed E-state index contributed by atoms with van der Waals surface area (Å²) >= 11 is 0. The molecule has 0 bridgehead atoms. The number of imide groups is 1. The standard InChI is InChI=1S/C6H10N2O4/c9-3-4(10)2-8-5(11)1-7-6(8)12/h4,9-10H,1-3H2,(H,7,12). The third kappa shape index (κ3) is 1.72. The number of aliphatic hydroxyl groups is 2. The van der Waals surface area contributed by atoms with Crippen molar-refractivity contribution in [3.05, 3.63) is 0 Å². The monoisotopic (exact) mass is 174 g/mol. The first kappa shape index (κ1) is 8.95. The van der Waals surface area contributed by atoms with Gasteiger partial charge in [0.05, 0.1) is 25.8 Å². The molecular weight excluding hydrogens is 164 g/mol. The van der Waals surface area contributed by atoms with Gasteiger partial charge >= 0.3 is 6.03 Å². The highest BCUT2D eigenvalue weighted by molar-refractivity contribution is 6.01. The molecule has 0 aromatic carbocycles. The lowest BCUT2D eigenvalue weighted by Crippen LogP contribution is -2.38. The van der Waals surface area contributed by atoms with Crippen LogP contribution in [0.15, 0.2) is 0 Å². The summed E-state index contributed by atoms with van der Waals surface area (Å²) < 4.78 is 0. The van der Waals surface area contributed by atoms with Crippen LogP contribution < -0.4 is 5.32 Å². The summed E-state index contributed by atoms with van der Waals surface area (Å²) in [5, 5.41) is 19.7. The van der Waals surface area contributed by atoms with Crippen LogP contribution in [0.4, 0.5) is 4.79 Å². The van der Waals surface area contributed by atoms with Crippen LogP contribution in [0, 0.1) is 0 Å². The van der Waals surface area contributed by atoms with Crippen molar-refractivity contribution in [2.75, 3.05) is 19.7 Å². The second-order valence-electron chi connectivity index (χ2n) is 2.50. The summed E-state index contributed by atoms with van der Waals surface area (Å²) in [4.78, 5) is 22.6. The van der Waals surface area contributed by atoms with Gasteiger partial charge in [0, 0.05) is 0 Å². The smallest absolute Gasteiger partial charge is 0.324 e. The van der Waals surface area contributed by atoms with Gasteiger partial charge in [0.25, 0.3) is 0 Å². The van der Waals surface area contributed by atoms with Crippen molar-refractivity contribution >= 4 is 11.9 Å². The van der Waals surface area contributed by atoms with Crippen molar-refractivity contribution in [1.29, 1.82) is 0 Å². The van der Waals surface area contributed by atoms with E-state index in [0.29, 0.717) is 0 Å². The van der Waals surface area contributed by atoms with Crippen LogP contribution in [-0.2, 0) is 4.79 Å². The number of carbonyl (C=O) groups excluding carboxylic acids is 2. The second-order valence-corrected chi connectivity index (χ2v) is 2.50. The lowest BCUT2D eigenvalue weighted by Gasteiger charge is -2.14. The third-order valence-corrected chi connectivity index (χ3v) is 1.54. The van der Waals surface area contributed by atoms with E-state index in [1.54, 1.807) is 0 Å². The van der Waals surface area contributed by atoms with E-state index in [2.05, 4.69) is 5.32 Å². The van der Waals surface area contributed by atoms with Gasteiger partial charge < -0.3 is 15.5 Å². The molecule has 0 radical (unpaired) electrons. The fourth-order valence-corrected chi connectivity index (χ4v) is 0.909. The maximum absolute atomic E-state index is 10.9. The molecule has 0 saturated carbocycles. The highest BCUT2D eigenvalue weighted by atomic mass is 16.3. The minimum atomic E-state index is -1.06. The number of carbonyl (C=O) groups is 2. The van der Waals surface area contributed by atoms with E-state index >= 15 is 0 Å². The maximum atomic E-state index is 10.9. The lowest BCUT2D eigenvalue weighted by atomic mass is 10.3. The van der Waals surface area contributed by atoms with E-state index in [9.17, 15) is 9.59 Å². The second kappa shape index (κ2) is 3.51. The molecule has 12 heavy (non-hydrogen) atoms. The maximum Gasteiger partial charge on any atom is 0.324 e. The zero-order valence-corrected chi connectivity index (χ0v) is 6.36. The third-order valence-electron chi connectivity index (χ3n) is 1.54. The van der Waals surface area contributed by atoms with Crippen LogP contribution in [0.5, 0.6) is 0 Å². The van der Waals surface area contributed by atoms with Crippen molar-refractivity contribution in [1.82, 2.24) is 10.2 Å². The van der Waals surface area contributed by atoms with Crippen LogP contribution in [0.3, 0.4) is 0 Å². The lowest BCUT2D eigenvalue weighted by molar-refractivity contribution is -0.126. The van der Waals surface area contributed by atoms with E-state index in [4.69, 9.17) is 10.2 Å². The van der Waals surface area contributed by atoms with Gasteiger partial charge in [-0.3, -0.25) is 9.69 Å². The molecule has 3 N–H and O–H groups in total. The minimum absolute atomic E-state index is 0.0308. The van der Waals surface area contributed by atoms with Gasteiger partial charge in [-0.05, 0) is 0 Å². The van der Waals surface area contributed by atoms with Gasteiger partial charge in [-0.25, -0.2) is 4.79 Å². The van der Waals surface area contributed by atoms with Gasteiger partial charge in [-0.2, -0.15) is 0 Å². The highest BCUT2D eigenvalue weighted by Gasteiger charge is 2.29. The largest absolute Gasteiger partial charge is 0.394 e. The molecule has 1 rings (SSSR count). The number of β-amino-alcohol motifs (C(OH)–C–C–N with tert-alkyl or cyclic N) is 1. The van der Waals surface area contributed by atoms with E-state index in [0.717, 1.165) is 4.90 Å². The number of nitrogens with one attached hydrogen (secondary N) is 1. The number of rotatable bonds is 3. The van der Waals surface area contributed by atoms with E-state index in [-0.39, 0.29) is 19.0 Å². The first-order valence-corrected chi connectivity index (χ1v) is 3.52. The van der Waals surface area contributed by atoms with E-state index < -0.39 is 18.7 Å². The Morgan fingerprint density at radius 1 is 1.58 bits per heavy atom. The molecule has 0 aromatic rings. The topological polar surface area (TPSA) is 89.9 Å². The number of hydrogen-bond acceptors (Lipinski definition) is 4. The molecular formula is C6H10N2O4. The minimum Gasteiger partial charge on any atom is -0.394 e. The predicted molar refractivity (Wildman–Crippen MR) is 38.2 cm³/mol. The number of hydrogen-bond donors (Lipinski definition) is 3. The summed E-state index contributed by atoms with van der Waals surface area (Å²) in [6, 6.07) is -0.521. The van der Waals surface area contributed by atoms with E-state index in [1.165, 1.54) is 0 Å². The number of urea groups is 1. The fraction of sp³-hybridized carbons (Fsp3) is 0.667. The Labute approximate surface area is 68.8 Å². The fourth-order valence-electron chi connectivity index (χ4n) is 0.909. The van der Waals surface area contributed by atoms with Crippen molar-refractivity contribution in [3.63, 3.8) is 0 Å². The van der Waals surface area contributed by atoms with Crippen molar-refractivity contribution < 1.29 is 19.8 Å². The van der Waals surface area contributed by atoms with Crippen LogP contribution in [0.1, 0.15) is 0 Å². The summed E-state index contributed by atoms with van der Waals surface area (Å²) in [7, 11) is 0. The Kier molecular flexibility index (Phi) is 2.61. The molecule has 6 nitrogen and oxygen atoms in total. The van der Waals surface area contributed by atoms with E-state index in [1.807, 2.05) is 0 Å². The molecule has 0 aromatic heterocycles. The molecule has 1 aliphatic heterocycles. The molecule has 1 atom stereocenters. The molecule has 1 fully saturated rings. The molecule has 1 saturated heterocycles. The van der Waals surface area contributed by atoms with Crippen LogP contribution >= 0.6 is 0 Å². The van der Waals surface area contributed by atoms with Gasteiger partial charge in [0.2, 0.25) is 5.91 Å². The van der Waals surface area contributed by atoms with Crippen molar-refractivity contribution in [2.45, 2.75) is 6.10 Å². The Balaban J connectivity index is 2.50. The highest BCUT2D eigenvalue weighted by Crippen LogP contribution is 1.99. The normalized spacial score (nSPS) is 19.7. The number of amides is 3. The SMILES string of the molecule is O=C1CNC(=O)N1CC(O)CO. The molecule has 1 aliphatic rings. The van der Waals surface area contributed by atoms with Crippen LogP contribution in [0.25, 0.3) is 0 Å². The molecule has 3 amide bonds. The van der Waals surface area contributed by atoms with Crippen LogP contribution in [0.2, 0.25) is 0 Å². The molecule has 1 heterocycles. The molecule has 0 aliphatic carbocycles. The summed E-state index contributed by atoms with van der Waals surface area (Å²) in [6.45, 7) is -0.644. The Morgan fingerprint density at radius 2 is 2.25 bits per heavy atom. The number of aliphatic hydroxyl groups excluding tert-OH is 2. The predicted octanol–water partition coefficient (Wildman–Crippen LogP) is -2.11. The molecule has 0 spiro atoms. The van der Waals surface area contributed by atoms with Gasteiger partial charge in [0.1, 0.15) is 0 Å². The molecule has 1 unspecified atom stereocenters. The van der Waals surface area contributed by atoms with Crippen molar-refractivity contribution in [3.8, 4) is 0 Å². The first-order chi connectivity index (χ1) is 5.65. The summed E-state index contributed by atoms with van der Waals surface area (Å²) in [5.41, 5.74) is 0.